The second-order valence-corrected chi connectivity index (χ2v) is 5.64. The maximum Gasteiger partial charge on any atom is 0.128 e. The Labute approximate surface area is 92.8 Å². The van der Waals surface area contributed by atoms with Gasteiger partial charge in [0.05, 0.1) is 0 Å². The normalized spacial score (nSPS) is 30.2. The van der Waals surface area contributed by atoms with E-state index in [1.807, 2.05) is 24.3 Å². The molecule has 1 atom stereocenters. The maximum atomic E-state index is 6.06. The fourth-order valence-electron chi connectivity index (χ4n) is 1.53. The number of benzene rings is 1. The predicted octanol–water partition coefficient (Wildman–Crippen LogP) is 4.18. The lowest BCUT2D eigenvalue weighted by Gasteiger charge is -2.11. The molecule has 0 nitrogen and oxygen atoms in total. The summed E-state index contributed by atoms with van der Waals surface area (Å²) in [5, 5.41) is 0.739. The van der Waals surface area contributed by atoms with Crippen molar-refractivity contribution in [3.63, 3.8) is 0 Å². The maximum absolute atomic E-state index is 6.06. The van der Waals surface area contributed by atoms with Crippen LogP contribution < -0.4 is 0 Å². The van der Waals surface area contributed by atoms with Gasteiger partial charge in [-0.1, -0.05) is 30.7 Å². The van der Waals surface area contributed by atoms with Crippen molar-refractivity contribution in [2.45, 2.75) is 23.1 Å². The first kappa shape index (κ1) is 9.64. The van der Waals surface area contributed by atoms with Gasteiger partial charge < -0.3 is 0 Å². The molecule has 0 heterocycles. The van der Waals surface area contributed by atoms with E-state index in [1.165, 1.54) is 0 Å². The van der Waals surface area contributed by atoms with Gasteiger partial charge in [-0.25, -0.2) is 0 Å². The van der Waals surface area contributed by atoms with Crippen molar-refractivity contribution in [2.24, 2.45) is 0 Å². The summed E-state index contributed by atoms with van der Waals surface area (Å²) in [5.74, 6) is 0. The van der Waals surface area contributed by atoms with Crippen molar-refractivity contribution in [3.05, 3.63) is 34.9 Å². The van der Waals surface area contributed by atoms with Gasteiger partial charge in [-0.05, 0) is 24.1 Å². The molecule has 13 heavy (non-hydrogen) atoms. The number of rotatable bonds is 1. The molecule has 1 aliphatic rings. The van der Waals surface area contributed by atoms with Crippen molar-refractivity contribution >= 4 is 34.8 Å². The standard InChI is InChI=1S/C10H9Cl3/c1-9(6-10(9,12)13)7-2-4-8(11)5-3-7/h2-5H,6H2,1H3. The van der Waals surface area contributed by atoms with Crippen LogP contribution in [-0.4, -0.2) is 4.33 Å². The van der Waals surface area contributed by atoms with Gasteiger partial charge in [0.2, 0.25) is 0 Å². The quantitative estimate of drug-likeness (QED) is 0.641. The van der Waals surface area contributed by atoms with Gasteiger partial charge in [0, 0.05) is 10.4 Å². The zero-order valence-corrected chi connectivity index (χ0v) is 9.42. The Kier molecular flexibility index (Phi) is 2.07. The average Bonchev–Trinajstić information content (AvgIpc) is 2.53. The molecule has 1 saturated carbocycles. The molecule has 0 saturated heterocycles. The van der Waals surface area contributed by atoms with E-state index in [4.69, 9.17) is 34.8 Å². The molecule has 2 rings (SSSR count). The van der Waals surface area contributed by atoms with E-state index in [1.54, 1.807) is 0 Å². The summed E-state index contributed by atoms with van der Waals surface area (Å²) in [5.41, 5.74) is 1.06. The van der Waals surface area contributed by atoms with E-state index in [0.717, 1.165) is 17.0 Å². The molecule has 0 amide bonds. The van der Waals surface area contributed by atoms with Gasteiger partial charge in [-0.15, -0.1) is 23.2 Å². The predicted molar refractivity (Wildman–Crippen MR) is 57.9 cm³/mol. The van der Waals surface area contributed by atoms with Crippen LogP contribution in [0.5, 0.6) is 0 Å². The van der Waals surface area contributed by atoms with Crippen molar-refractivity contribution in [2.75, 3.05) is 0 Å². The SMILES string of the molecule is CC1(c2ccc(Cl)cc2)CC1(Cl)Cl. The summed E-state index contributed by atoms with van der Waals surface area (Å²) >= 11 is 17.9. The van der Waals surface area contributed by atoms with Crippen LogP contribution in [0.1, 0.15) is 18.9 Å². The summed E-state index contributed by atoms with van der Waals surface area (Å²) in [7, 11) is 0. The Balaban J connectivity index is 2.34. The largest absolute Gasteiger partial charge is 0.128 e. The average molecular weight is 236 g/mol. The number of hydrogen-bond donors (Lipinski definition) is 0. The molecule has 0 bridgehead atoms. The third-order valence-electron chi connectivity index (χ3n) is 2.74. The lowest BCUT2D eigenvalue weighted by molar-refractivity contribution is 0.774. The molecule has 3 heteroatoms. The fourth-order valence-corrected chi connectivity index (χ4v) is 2.41. The minimum absolute atomic E-state index is 0.0965. The van der Waals surface area contributed by atoms with Crippen LogP contribution in [0.4, 0.5) is 0 Å². The van der Waals surface area contributed by atoms with Crippen LogP contribution >= 0.6 is 34.8 Å². The number of hydrogen-bond acceptors (Lipinski definition) is 0. The van der Waals surface area contributed by atoms with Crippen LogP contribution in [0.15, 0.2) is 24.3 Å². The molecule has 1 unspecified atom stereocenters. The van der Waals surface area contributed by atoms with Crippen molar-refractivity contribution < 1.29 is 0 Å². The second kappa shape index (κ2) is 2.79. The first-order chi connectivity index (χ1) is 5.96. The van der Waals surface area contributed by atoms with E-state index in [2.05, 4.69) is 6.92 Å². The van der Waals surface area contributed by atoms with Crippen LogP contribution in [0.2, 0.25) is 5.02 Å². The third-order valence-corrected chi connectivity index (χ3v) is 4.09. The van der Waals surface area contributed by atoms with Gasteiger partial charge in [0.1, 0.15) is 4.33 Å². The van der Waals surface area contributed by atoms with Gasteiger partial charge in [-0.2, -0.15) is 0 Å². The van der Waals surface area contributed by atoms with E-state index in [-0.39, 0.29) is 5.41 Å². The summed E-state index contributed by atoms with van der Waals surface area (Å²) < 4.78 is -0.596. The van der Waals surface area contributed by atoms with Crippen molar-refractivity contribution in [1.82, 2.24) is 0 Å². The van der Waals surface area contributed by atoms with Crippen LogP contribution in [0, 0.1) is 0 Å². The molecule has 0 aliphatic heterocycles. The summed E-state index contributed by atoms with van der Waals surface area (Å²) in [6.07, 6.45) is 0.810. The van der Waals surface area contributed by atoms with Gasteiger partial charge >= 0.3 is 0 Å². The van der Waals surface area contributed by atoms with E-state index >= 15 is 0 Å². The van der Waals surface area contributed by atoms with E-state index in [9.17, 15) is 0 Å². The highest BCUT2D eigenvalue weighted by molar-refractivity contribution is 6.52. The van der Waals surface area contributed by atoms with Gasteiger partial charge in [-0.3, -0.25) is 0 Å². The van der Waals surface area contributed by atoms with Crippen LogP contribution in [0.25, 0.3) is 0 Å². The molecule has 1 aromatic rings. The highest BCUT2D eigenvalue weighted by Crippen LogP contribution is 2.64. The van der Waals surface area contributed by atoms with E-state index in [0.29, 0.717) is 0 Å². The molecule has 1 fully saturated rings. The Hall–Kier alpha value is 0.0900. The smallest absolute Gasteiger partial charge is 0.101 e. The summed E-state index contributed by atoms with van der Waals surface area (Å²) in [6, 6.07) is 7.69. The molecular weight excluding hydrogens is 226 g/mol. The Morgan fingerprint density at radius 2 is 1.62 bits per heavy atom. The molecule has 1 aliphatic carbocycles. The monoisotopic (exact) mass is 234 g/mol. The van der Waals surface area contributed by atoms with Gasteiger partial charge in [0.15, 0.2) is 0 Å². The molecular formula is C10H9Cl3. The topological polar surface area (TPSA) is 0 Å². The first-order valence-electron chi connectivity index (χ1n) is 4.10. The highest BCUT2D eigenvalue weighted by atomic mass is 35.5. The van der Waals surface area contributed by atoms with Crippen LogP contribution in [0.3, 0.4) is 0 Å². The Morgan fingerprint density at radius 1 is 1.15 bits per heavy atom. The number of alkyl halides is 2. The second-order valence-electron chi connectivity index (χ2n) is 3.72. The van der Waals surface area contributed by atoms with Crippen molar-refractivity contribution in [3.8, 4) is 0 Å². The molecule has 0 aromatic heterocycles. The molecule has 1 aromatic carbocycles. The fraction of sp³-hybridized carbons (Fsp3) is 0.400. The number of halogens is 3. The third kappa shape index (κ3) is 1.45. The van der Waals surface area contributed by atoms with Crippen molar-refractivity contribution in [1.29, 1.82) is 0 Å². The highest BCUT2D eigenvalue weighted by Gasteiger charge is 2.63. The molecule has 70 valence electrons. The Morgan fingerprint density at radius 3 is 2.00 bits per heavy atom. The molecule has 0 N–H and O–H groups in total. The molecule has 0 spiro atoms. The lowest BCUT2D eigenvalue weighted by Crippen LogP contribution is -2.09. The first-order valence-corrected chi connectivity index (χ1v) is 5.23. The zero-order chi connectivity index (χ0) is 9.69. The Bertz CT molecular complexity index is 329. The van der Waals surface area contributed by atoms with Gasteiger partial charge in [0.25, 0.3) is 0 Å². The summed E-state index contributed by atoms with van der Waals surface area (Å²) in [4.78, 5) is 0. The lowest BCUT2D eigenvalue weighted by atomic mass is 9.99. The van der Waals surface area contributed by atoms with Crippen LogP contribution in [-0.2, 0) is 5.41 Å². The zero-order valence-electron chi connectivity index (χ0n) is 7.15. The minimum Gasteiger partial charge on any atom is -0.101 e. The summed E-state index contributed by atoms with van der Waals surface area (Å²) in [6.45, 7) is 2.07. The molecule has 0 radical (unpaired) electrons. The minimum atomic E-state index is -0.596. The van der Waals surface area contributed by atoms with E-state index < -0.39 is 4.33 Å².